The Morgan fingerprint density at radius 2 is 1.86 bits per heavy atom. The van der Waals surface area contributed by atoms with Crippen LogP contribution in [0.2, 0.25) is 0 Å². The number of rotatable bonds is 4. The average molecular weight is 309 g/mol. The van der Waals surface area contributed by atoms with E-state index in [9.17, 15) is 9.59 Å². The molecule has 1 saturated heterocycles. The maximum atomic E-state index is 11.8. The van der Waals surface area contributed by atoms with Crippen molar-refractivity contribution < 1.29 is 14.3 Å². The molecule has 1 atom stereocenters. The van der Waals surface area contributed by atoms with E-state index in [1.165, 1.54) is 12.8 Å². The van der Waals surface area contributed by atoms with Crippen molar-refractivity contribution in [1.29, 1.82) is 0 Å². The second-order valence-electron chi connectivity index (χ2n) is 6.42. The fraction of sp³-hybridized carbons (Fsp3) is 0.750. The molecule has 1 rings (SSSR count). The van der Waals surface area contributed by atoms with Crippen molar-refractivity contribution in [3.63, 3.8) is 0 Å². The molecule has 1 aliphatic rings. The van der Waals surface area contributed by atoms with Gasteiger partial charge in [0.2, 0.25) is 5.91 Å². The van der Waals surface area contributed by atoms with E-state index in [1.54, 1.807) is 27.7 Å². The molecular formula is C16H27N3O3. The molecule has 0 radical (unpaired) electrons. The van der Waals surface area contributed by atoms with Crippen LogP contribution in [0.5, 0.6) is 0 Å². The first-order valence-electron chi connectivity index (χ1n) is 7.73. The van der Waals surface area contributed by atoms with Gasteiger partial charge < -0.3 is 15.4 Å². The normalized spacial score (nSPS) is 16.4. The number of ether oxygens (including phenoxy) is 1. The summed E-state index contributed by atoms with van der Waals surface area (Å²) in [6.45, 7) is 10.2. The van der Waals surface area contributed by atoms with Crippen LogP contribution < -0.4 is 10.6 Å². The monoisotopic (exact) mass is 309 g/mol. The standard InChI is InChI=1S/C16H27N3O3/c1-13(18-15(21)22-16(2,3)4)14(20)17-9-5-6-10-19-11-7-8-12-19/h13H,7-12H2,1-4H3,(H,17,20)(H,18,21). The molecule has 1 unspecified atom stereocenters. The number of hydrogen-bond acceptors (Lipinski definition) is 4. The lowest BCUT2D eigenvalue weighted by atomic mass is 10.2. The first kappa shape index (κ1) is 18.3. The van der Waals surface area contributed by atoms with Crippen LogP contribution in [0.15, 0.2) is 0 Å². The molecule has 0 aromatic carbocycles. The molecule has 2 amide bonds. The first-order valence-corrected chi connectivity index (χ1v) is 7.73. The quantitative estimate of drug-likeness (QED) is 0.763. The molecule has 0 bridgehead atoms. The van der Waals surface area contributed by atoms with Gasteiger partial charge in [-0.1, -0.05) is 11.8 Å². The van der Waals surface area contributed by atoms with Crippen LogP contribution in [0.1, 0.15) is 40.5 Å². The molecule has 6 heteroatoms. The molecular weight excluding hydrogens is 282 g/mol. The average Bonchev–Trinajstić information content (AvgIpc) is 2.88. The lowest BCUT2D eigenvalue weighted by Gasteiger charge is -2.21. The second-order valence-corrected chi connectivity index (χ2v) is 6.42. The molecule has 2 N–H and O–H groups in total. The minimum Gasteiger partial charge on any atom is -0.444 e. The summed E-state index contributed by atoms with van der Waals surface area (Å²) in [5.41, 5.74) is -0.582. The van der Waals surface area contributed by atoms with E-state index >= 15 is 0 Å². The smallest absolute Gasteiger partial charge is 0.408 e. The van der Waals surface area contributed by atoms with Crippen LogP contribution in [0.3, 0.4) is 0 Å². The van der Waals surface area contributed by atoms with Crippen LogP contribution in [0.4, 0.5) is 4.79 Å². The molecule has 6 nitrogen and oxygen atoms in total. The summed E-state index contributed by atoms with van der Waals surface area (Å²) in [5.74, 6) is 5.69. The lowest BCUT2D eigenvalue weighted by Crippen LogP contribution is -2.46. The van der Waals surface area contributed by atoms with Gasteiger partial charge in [-0.3, -0.25) is 9.69 Å². The predicted octanol–water partition coefficient (Wildman–Crippen LogP) is 1.12. The number of hydrogen-bond donors (Lipinski definition) is 2. The zero-order valence-corrected chi connectivity index (χ0v) is 14.0. The number of amides is 2. The van der Waals surface area contributed by atoms with Gasteiger partial charge in [0.05, 0.1) is 13.1 Å². The molecule has 1 fully saturated rings. The van der Waals surface area contributed by atoms with E-state index in [-0.39, 0.29) is 12.5 Å². The van der Waals surface area contributed by atoms with E-state index in [2.05, 4.69) is 27.4 Å². The van der Waals surface area contributed by atoms with Crippen molar-refractivity contribution in [3.8, 4) is 11.8 Å². The maximum absolute atomic E-state index is 11.8. The Labute approximate surface area is 133 Å². The lowest BCUT2D eigenvalue weighted by molar-refractivity contribution is -0.122. The summed E-state index contributed by atoms with van der Waals surface area (Å²) in [7, 11) is 0. The molecule has 124 valence electrons. The van der Waals surface area contributed by atoms with Crippen LogP contribution >= 0.6 is 0 Å². The fourth-order valence-electron chi connectivity index (χ4n) is 2.01. The third kappa shape index (κ3) is 7.89. The van der Waals surface area contributed by atoms with Gasteiger partial charge in [-0.05, 0) is 53.6 Å². The number of nitrogens with zero attached hydrogens (tertiary/aromatic N) is 1. The minimum atomic E-state index is -0.657. The Balaban J connectivity index is 2.20. The largest absolute Gasteiger partial charge is 0.444 e. The first-order chi connectivity index (χ1) is 10.3. The Bertz CT molecular complexity index is 440. The fourth-order valence-corrected chi connectivity index (χ4v) is 2.01. The van der Waals surface area contributed by atoms with Crippen molar-refractivity contribution >= 4 is 12.0 Å². The Hall–Kier alpha value is -1.74. The topological polar surface area (TPSA) is 70.7 Å². The molecule has 22 heavy (non-hydrogen) atoms. The van der Waals surface area contributed by atoms with Crippen LogP contribution in [-0.4, -0.2) is 54.7 Å². The van der Waals surface area contributed by atoms with Gasteiger partial charge in [0.1, 0.15) is 11.6 Å². The molecule has 0 aliphatic carbocycles. The number of likely N-dealkylation sites (tertiary alicyclic amines) is 1. The SMILES string of the molecule is CC(NC(=O)OC(C)(C)C)C(=O)NCC#CCN1CCCC1. The molecule has 1 aliphatic heterocycles. The summed E-state index contributed by atoms with van der Waals surface area (Å²) >= 11 is 0. The van der Waals surface area contributed by atoms with Crippen LogP contribution in [-0.2, 0) is 9.53 Å². The van der Waals surface area contributed by atoms with Gasteiger partial charge >= 0.3 is 6.09 Å². The van der Waals surface area contributed by atoms with Gasteiger partial charge in [-0.15, -0.1) is 0 Å². The molecule has 0 saturated carbocycles. The molecule has 0 aromatic rings. The van der Waals surface area contributed by atoms with Crippen LogP contribution in [0.25, 0.3) is 0 Å². The number of carbonyl (C=O) groups excluding carboxylic acids is 2. The van der Waals surface area contributed by atoms with E-state index in [0.29, 0.717) is 0 Å². The highest BCUT2D eigenvalue weighted by molar-refractivity contribution is 5.85. The van der Waals surface area contributed by atoms with E-state index in [4.69, 9.17) is 4.74 Å². The van der Waals surface area contributed by atoms with Gasteiger partial charge in [0.15, 0.2) is 0 Å². The molecule has 0 aromatic heterocycles. The Kier molecular flexibility index (Phi) is 7.19. The maximum Gasteiger partial charge on any atom is 0.408 e. The van der Waals surface area contributed by atoms with E-state index < -0.39 is 17.7 Å². The van der Waals surface area contributed by atoms with E-state index in [1.807, 2.05) is 0 Å². The van der Waals surface area contributed by atoms with E-state index in [0.717, 1.165) is 19.6 Å². The number of carbonyl (C=O) groups is 2. The summed E-state index contributed by atoms with van der Waals surface area (Å²) in [5, 5.41) is 5.17. The number of alkyl carbamates (subject to hydrolysis) is 1. The predicted molar refractivity (Wildman–Crippen MR) is 85.3 cm³/mol. The van der Waals surface area contributed by atoms with Crippen molar-refractivity contribution in [2.45, 2.75) is 52.2 Å². The van der Waals surface area contributed by atoms with Crippen molar-refractivity contribution in [2.75, 3.05) is 26.2 Å². The van der Waals surface area contributed by atoms with Gasteiger partial charge in [-0.2, -0.15) is 0 Å². The molecule has 1 heterocycles. The Morgan fingerprint density at radius 3 is 2.45 bits per heavy atom. The summed E-state index contributed by atoms with van der Waals surface area (Å²) in [6, 6.07) is -0.657. The highest BCUT2D eigenvalue weighted by atomic mass is 16.6. The summed E-state index contributed by atoms with van der Waals surface area (Å²) in [6.07, 6.45) is 1.88. The molecule has 0 spiro atoms. The summed E-state index contributed by atoms with van der Waals surface area (Å²) < 4.78 is 5.09. The Morgan fingerprint density at radius 1 is 1.23 bits per heavy atom. The summed E-state index contributed by atoms with van der Waals surface area (Å²) in [4.78, 5) is 25.6. The number of nitrogens with one attached hydrogen (secondary N) is 2. The minimum absolute atomic E-state index is 0.277. The second kappa shape index (κ2) is 8.64. The van der Waals surface area contributed by atoms with Gasteiger partial charge in [0.25, 0.3) is 0 Å². The zero-order valence-electron chi connectivity index (χ0n) is 14.0. The third-order valence-electron chi connectivity index (χ3n) is 3.10. The third-order valence-corrected chi connectivity index (χ3v) is 3.10. The highest BCUT2D eigenvalue weighted by Gasteiger charge is 2.20. The van der Waals surface area contributed by atoms with Gasteiger partial charge in [0, 0.05) is 0 Å². The van der Waals surface area contributed by atoms with Crippen molar-refractivity contribution in [1.82, 2.24) is 15.5 Å². The van der Waals surface area contributed by atoms with Crippen LogP contribution in [0, 0.1) is 11.8 Å². The van der Waals surface area contributed by atoms with Gasteiger partial charge in [-0.25, -0.2) is 4.79 Å². The van der Waals surface area contributed by atoms with Crippen molar-refractivity contribution in [3.05, 3.63) is 0 Å². The zero-order chi connectivity index (χ0) is 16.6. The highest BCUT2D eigenvalue weighted by Crippen LogP contribution is 2.06. The van der Waals surface area contributed by atoms with Crippen molar-refractivity contribution in [2.24, 2.45) is 0 Å².